The topological polar surface area (TPSA) is 31.4 Å². The van der Waals surface area contributed by atoms with E-state index in [-0.39, 0.29) is 5.54 Å². The second kappa shape index (κ2) is 6.32. The first kappa shape index (κ1) is 16.2. The molecule has 1 aliphatic heterocycles. The molecule has 1 N–H and O–H groups in total. The van der Waals surface area contributed by atoms with Crippen LogP contribution >= 0.6 is 0 Å². The molecule has 2 atom stereocenters. The number of aromatic nitrogens is 1. The number of anilines is 1. The molecular weight excluding hydrogens is 260 g/mol. The van der Waals surface area contributed by atoms with Gasteiger partial charge in [0, 0.05) is 43.5 Å². The van der Waals surface area contributed by atoms with E-state index in [4.69, 9.17) is 0 Å². The lowest BCUT2D eigenvalue weighted by Crippen LogP contribution is -2.55. The van der Waals surface area contributed by atoms with Crippen molar-refractivity contribution in [1.29, 1.82) is 0 Å². The van der Waals surface area contributed by atoms with Crippen molar-refractivity contribution in [3.63, 3.8) is 0 Å². The molecule has 1 fully saturated rings. The van der Waals surface area contributed by atoms with Gasteiger partial charge in [0.25, 0.3) is 0 Å². The maximum absolute atomic E-state index is 4.66. The molecule has 4 nitrogen and oxygen atoms in total. The summed E-state index contributed by atoms with van der Waals surface area (Å²) in [6.45, 7) is 14.1. The number of rotatable bonds is 3. The zero-order chi connectivity index (χ0) is 15.6. The smallest absolute Gasteiger partial charge is 0.128 e. The van der Waals surface area contributed by atoms with Crippen LogP contribution in [0.4, 0.5) is 5.82 Å². The Morgan fingerprint density at radius 2 is 1.81 bits per heavy atom. The number of nitrogens with zero attached hydrogens (tertiary/aromatic N) is 3. The van der Waals surface area contributed by atoms with E-state index in [0.717, 1.165) is 25.5 Å². The van der Waals surface area contributed by atoms with Gasteiger partial charge in [-0.05, 0) is 53.3 Å². The van der Waals surface area contributed by atoms with Gasteiger partial charge in [0.05, 0.1) is 0 Å². The normalized spacial score (nSPS) is 24.4. The first-order valence-corrected chi connectivity index (χ1v) is 7.93. The Morgan fingerprint density at radius 1 is 1.19 bits per heavy atom. The van der Waals surface area contributed by atoms with Gasteiger partial charge < -0.3 is 10.2 Å². The summed E-state index contributed by atoms with van der Waals surface area (Å²) in [7, 11) is 2.21. The summed E-state index contributed by atoms with van der Waals surface area (Å²) >= 11 is 0. The minimum atomic E-state index is 0.140. The average Bonchev–Trinajstić information content (AvgIpc) is 2.42. The molecule has 0 aliphatic carbocycles. The summed E-state index contributed by atoms with van der Waals surface area (Å²) in [6, 6.07) is 5.48. The van der Waals surface area contributed by atoms with Crippen LogP contribution in [0.5, 0.6) is 0 Å². The van der Waals surface area contributed by atoms with Crippen LogP contribution < -0.4 is 10.2 Å². The largest absolute Gasteiger partial charge is 0.354 e. The van der Waals surface area contributed by atoms with E-state index < -0.39 is 0 Å². The van der Waals surface area contributed by atoms with E-state index in [1.165, 1.54) is 5.56 Å². The molecule has 0 radical (unpaired) electrons. The lowest BCUT2D eigenvalue weighted by molar-refractivity contribution is 0.169. The number of hydrogen-bond acceptors (Lipinski definition) is 4. The van der Waals surface area contributed by atoms with Crippen molar-refractivity contribution in [2.75, 3.05) is 25.0 Å². The van der Waals surface area contributed by atoms with Crippen molar-refractivity contribution >= 4 is 5.82 Å². The molecule has 1 aromatic rings. The van der Waals surface area contributed by atoms with Crippen LogP contribution in [0.3, 0.4) is 0 Å². The maximum atomic E-state index is 4.66. The fourth-order valence-electron chi connectivity index (χ4n) is 2.67. The van der Waals surface area contributed by atoms with Crippen LogP contribution in [0.2, 0.25) is 0 Å². The summed E-state index contributed by atoms with van der Waals surface area (Å²) in [6.07, 6.45) is 2.00. The van der Waals surface area contributed by atoms with E-state index in [1.54, 1.807) is 0 Å². The number of hydrogen-bond donors (Lipinski definition) is 1. The zero-order valence-electron chi connectivity index (χ0n) is 14.3. The van der Waals surface area contributed by atoms with E-state index >= 15 is 0 Å². The van der Waals surface area contributed by atoms with E-state index in [1.807, 2.05) is 6.20 Å². The van der Waals surface area contributed by atoms with Gasteiger partial charge in [-0.15, -0.1) is 0 Å². The van der Waals surface area contributed by atoms with Gasteiger partial charge in [0.1, 0.15) is 5.82 Å². The molecule has 1 aliphatic rings. The predicted octanol–water partition coefficient (Wildman–Crippen LogP) is 2.50. The van der Waals surface area contributed by atoms with Gasteiger partial charge in [0.2, 0.25) is 0 Å². The third-order valence-electron chi connectivity index (χ3n) is 4.32. The summed E-state index contributed by atoms with van der Waals surface area (Å²) in [5.41, 5.74) is 1.38. The van der Waals surface area contributed by atoms with Crippen LogP contribution in [0, 0.1) is 0 Å². The van der Waals surface area contributed by atoms with E-state index in [2.05, 4.69) is 73.9 Å². The monoisotopic (exact) mass is 290 g/mol. The van der Waals surface area contributed by atoms with Crippen molar-refractivity contribution in [1.82, 2.24) is 15.2 Å². The molecule has 2 unspecified atom stereocenters. The average molecular weight is 290 g/mol. The van der Waals surface area contributed by atoms with Crippen molar-refractivity contribution in [2.24, 2.45) is 0 Å². The highest BCUT2D eigenvalue weighted by Gasteiger charge is 2.27. The van der Waals surface area contributed by atoms with Crippen molar-refractivity contribution in [2.45, 2.75) is 58.8 Å². The molecule has 0 bridgehead atoms. The van der Waals surface area contributed by atoms with Gasteiger partial charge in [0.15, 0.2) is 0 Å². The second-order valence-electron chi connectivity index (χ2n) is 7.40. The van der Waals surface area contributed by atoms with Crippen LogP contribution in [-0.2, 0) is 6.54 Å². The molecular formula is C17H30N4. The van der Waals surface area contributed by atoms with Gasteiger partial charge in [-0.3, -0.25) is 4.90 Å². The molecule has 1 aromatic heterocycles. The van der Waals surface area contributed by atoms with Gasteiger partial charge in [-0.2, -0.15) is 0 Å². The lowest BCUT2D eigenvalue weighted by Gasteiger charge is -2.43. The SMILES string of the molecule is CC1CN(c2ccc(CNC(C)(C)C)cn2)CC(C)N1C. The summed E-state index contributed by atoms with van der Waals surface area (Å²) in [5, 5.41) is 3.50. The van der Waals surface area contributed by atoms with Gasteiger partial charge >= 0.3 is 0 Å². The fourth-order valence-corrected chi connectivity index (χ4v) is 2.67. The molecule has 0 amide bonds. The quantitative estimate of drug-likeness (QED) is 0.927. The standard InChI is InChI=1S/C17H30N4/c1-13-11-21(12-14(2)20(13)6)16-8-7-15(9-18-16)10-19-17(3,4)5/h7-9,13-14,19H,10-12H2,1-6H3. The Balaban J connectivity index is 1.99. The first-order chi connectivity index (χ1) is 9.76. The van der Waals surface area contributed by atoms with E-state index in [9.17, 15) is 0 Å². The molecule has 1 saturated heterocycles. The Labute approximate surface area is 129 Å². The van der Waals surface area contributed by atoms with Crippen LogP contribution in [0.25, 0.3) is 0 Å². The molecule has 118 valence electrons. The Bertz CT molecular complexity index is 437. The van der Waals surface area contributed by atoms with E-state index in [0.29, 0.717) is 12.1 Å². The Morgan fingerprint density at radius 3 is 2.29 bits per heavy atom. The number of likely N-dealkylation sites (N-methyl/N-ethyl adjacent to an activating group) is 1. The van der Waals surface area contributed by atoms with Crippen LogP contribution in [0.1, 0.15) is 40.2 Å². The first-order valence-electron chi connectivity index (χ1n) is 7.93. The Hall–Kier alpha value is -1.13. The zero-order valence-corrected chi connectivity index (χ0v) is 14.3. The van der Waals surface area contributed by atoms with Crippen LogP contribution in [-0.4, -0.2) is 47.6 Å². The molecule has 2 heterocycles. The Kier molecular flexibility index (Phi) is 4.89. The molecule has 0 aromatic carbocycles. The van der Waals surface area contributed by atoms with Gasteiger partial charge in [-0.1, -0.05) is 6.07 Å². The second-order valence-corrected chi connectivity index (χ2v) is 7.40. The third kappa shape index (κ3) is 4.42. The summed E-state index contributed by atoms with van der Waals surface area (Å²) < 4.78 is 0. The third-order valence-corrected chi connectivity index (χ3v) is 4.32. The highest BCUT2D eigenvalue weighted by molar-refractivity contribution is 5.40. The highest BCUT2D eigenvalue weighted by atomic mass is 15.3. The minimum absolute atomic E-state index is 0.140. The van der Waals surface area contributed by atoms with Crippen molar-refractivity contribution in [3.05, 3.63) is 23.9 Å². The summed E-state index contributed by atoms with van der Waals surface area (Å²) in [5.74, 6) is 1.10. The molecule has 0 saturated carbocycles. The number of nitrogens with one attached hydrogen (secondary N) is 1. The van der Waals surface area contributed by atoms with Gasteiger partial charge in [-0.25, -0.2) is 4.98 Å². The van der Waals surface area contributed by atoms with Crippen LogP contribution in [0.15, 0.2) is 18.3 Å². The molecule has 4 heteroatoms. The fraction of sp³-hybridized carbons (Fsp3) is 0.706. The summed E-state index contributed by atoms with van der Waals surface area (Å²) in [4.78, 5) is 9.51. The van der Waals surface area contributed by atoms with Crippen molar-refractivity contribution < 1.29 is 0 Å². The molecule has 21 heavy (non-hydrogen) atoms. The number of piperazine rings is 1. The molecule has 0 spiro atoms. The predicted molar refractivity (Wildman–Crippen MR) is 89.7 cm³/mol. The minimum Gasteiger partial charge on any atom is -0.354 e. The number of pyridine rings is 1. The van der Waals surface area contributed by atoms with Crippen molar-refractivity contribution in [3.8, 4) is 0 Å². The highest BCUT2D eigenvalue weighted by Crippen LogP contribution is 2.19. The maximum Gasteiger partial charge on any atom is 0.128 e. The molecule has 2 rings (SSSR count). The lowest BCUT2D eigenvalue weighted by atomic mass is 10.1.